The van der Waals surface area contributed by atoms with Gasteiger partial charge in [-0.2, -0.15) is 0 Å². The largest absolute Gasteiger partial charge is 0.497 e. The molecule has 1 atom stereocenters. The first-order chi connectivity index (χ1) is 15.9. The highest BCUT2D eigenvalue weighted by Gasteiger charge is 2.31. The Bertz CT molecular complexity index is 942. The molecule has 33 heavy (non-hydrogen) atoms. The topological polar surface area (TPSA) is 58.6 Å². The molecule has 5 nitrogen and oxygen atoms in total. The van der Waals surface area contributed by atoms with Crippen LogP contribution in [0.25, 0.3) is 0 Å². The fourth-order valence-electron chi connectivity index (χ4n) is 4.39. The van der Waals surface area contributed by atoms with E-state index in [1.165, 1.54) is 23.5 Å². The van der Waals surface area contributed by atoms with Crippen molar-refractivity contribution >= 4 is 23.4 Å². The third kappa shape index (κ3) is 6.70. The van der Waals surface area contributed by atoms with Crippen molar-refractivity contribution in [2.24, 2.45) is 0 Å². The predicted octanol–water partition coefficient (Wildman–Crippen LogP) is 5.29. The molecular weight excluding hydrogens is 443 g/mol. The highest BCUT2D eigenvalue weighted by atomic mass is 35.5. The summed E-state index contributed by atoms with van der Waals surface area (Å²) in [5.41, 5.74) is 0.966. The lowest BCUT2D eigenvalue weighted by atomic mass is 9.95. The fraction of sp³-hybridized carbons (Fsp3) is 0.462. The van der Waals surface area contributed by atoms with Crippen molar-refractivity contribution in [1.82, 2.24) is 10.2 Å². The smallest absolute Gasteiger partial charge is 0.243 e. The quantitative estimate of drug-likeness (QED) is 0.537. The number of nitrogens with zero attached hydrogens (tertiary/aromatic N) is 1. The second kappa shape index (κ2) is 12.0. The number of ether oxygens (including phenoxy) is 1. The predicted molar refractivity (Wildman–Crippen MR) is 128 cm³/mol. The number of rotatable bonds is 9. The number of hydrogen-bond acceptors (Lipinski definition) is 3. The van der Waals surface area contributed by atoms with Gasteiger partial charge in [0, 0.05) is 23.2 Å². The maximum Gasteiger partial charge on any atom is 0.243 e. The summed E-state index contributed by atoms with van der Waals surface area (Å²) >= 11 is 6.18. The Kier molecular flexibility index (Phi) is 9.12. The zero-order chi connectivity index (χ0) is 23.8. The summed E-state index contributed by atoms with van der Waals surface area (Å²) in [6.45, 7) is 2.09. The van der Waals surface area contributed by atoms with E-state index < -0.39 is 11.9 Å². The molecule has 0 aromatic heterocycles. The molecule has 0 aliphatic heterocycles. The molecule has 7 heteroatoms. The standard InChI is InChI=1S/C26H32ClFN2O3/c1-3-24(26(32)29-19-10-5-4-6-11-19)30(17-18-9-7-12-20(15-18)33-2)25(31)16-21-22(27)13-8-14-23(21)28/h7-9,12-15,19,24H,3-6,10-11,16-17H2,1-2H3,(H,29,32)/t24-/m1/s1. The van der Waals surface area contributed by atoms with Gasteiger partial charge in [0.25, 0.3) is 0 Å². The third-order valence-electron chi connectivity index (χ3n) is 6.21. The molecule has 1 aliphatic carbocycles. The average molecular weight is 475 g/mol. The molecule has 1 aliphatic rings. The molecule has 178 valence electrons. The van der Waals surface area contributed by atoms with Gasteiger partial charge in [-0.15, -0.1) is 0 Å². The van der Waals surface area contributed by atoms with Crippen LogP contribution in [0.2, 0.25) is 5.02 Å². The Morgan fingerprint density at radius 2 is 1.91 bits per heavy atom. The molecule has 2 aromatic rings. The van der Waals surface area contributed by atoms with Gasteiger partial charge in [-0.05, 0) is 49.1 Å². The van der Waals surface area contributed by atoms with Gasteiger partial charge >= 0.3 is 0 Å². The van der Waals surface area contributed by atoms with Crippen LogP contribution in [0.4, 0.5) is 4.39 Å². The van der Waals surface area contributed by atoms with E-state index in [4.69, 9.17) is 16.3 Å². The van der Waals surface area contributed by atoms with Crippen LogP contribution in [-0.2, 0) is 22.6 Å². The monoisotopic (exact) mass is 474 g/mol. The number of nitrogens with one attached hydrogen (secondary N) is 1. The van der Waals surface area contributed by atoms with Crippen molar-refractivity contribution in [3.63, 3.8) is 0 Å². The van der Waals surface area contributed by atoms with Crippen LogP contribution in [-0.4, -0.2) is 35.9 Å². The maximum atomic E-state index is 14.4. The van der Waals surface area contributed by atoms with Crippen LogP contribution in [0.1, 0.15) is 56.6 Å². The van der Waals surface area contributed by atoms with Crippen LogP contribution < -0.4 is 10.1 Å². The first-order valence-corrected chi connectivity index (χ1v) is 12.0. The zero-order valence-electron chi connectivity index (χ0n) is 19.3. The van der Waals surface area contributed by atoms with Gasteiger partial charge in [0.15, 0.2) is 0 Å². The van der Waals surface area contributed by atoms with E-state index in [0.717, 1.165) is 31.2 Å². The van der Waals surface area contributed by atoms with Crippen molar-refractivity contribution < 1.29 is 18.7 Å². The lowest BCUT2D eigenvalue weighted by Gasteiger charge is -2.33. The Morgan fingerprint density at radius 1 is 1.18 bits per heavy atom. The number of methoxy groups -OCH3 is 1. The second-order valence-corrected chi connectivity index (χ2v) is 8.92. The van der Waals surface area contributed by atoms with E-state index in [1.807, 2.05) is 31.2 Å². The van der Waals surface area contributed by atoms with E-state index in [1.54, 1.807) is 13.2 Å². The molecular formula is C26H32ClFN2O3. The minimum atomic E-state index is -0.670. The molecule has 1 N–H and O–H groups in total. The van der Waals surface area contributed by atoms with Crippen molar-refractivity contribution in [2.75, 3.05) is 7.11 Å². The summed E-state index contributed by atoms with van der Waals surface area (Å²) in [4.78, 5) is 28.3. The van der Waals surface area contributed by atoms with Crippen molar-refractivity contribution in [1.29, 1.82) is 0 Å². The minimum absolute atomic E-state index is 0.134. The summed E-state index contributed by atoms with van der Waals surface area (Å²) in [6, 6.07) is 11.2. The summed E-state index contributed by atoms with van der Waals surface area (Å²) in [7, 11) is 1.58. The highest BCUT2D eigenvalue weighted by molar-refractivity contribution is 6.31. The lowest BCUT2D eigenvalue weighted by molar-refractivity contribution is -0.141. The molecule has 1 fully saturated rings. The molecule has 0 unspecified atom stereocenters. The minimum Gasteiger partial charge on any atom is -0.497 e. The number of amides is 2. The highest BCUT2D eigenvalue weighted by Crippen LogP contribution is 2.24. The van der Waals surface area contributed by atoms with E-state index in [9.17, 15) is 14.0 Å². The molecule has 2 aromatic carbocycles. The average Bonchev–Trinajstić information content (AvgIpc) is 2.82. The Labute approximate surface area is 200 Å². The van der Waals surface area contributed by atoms with Gasteiger partial charge in [-0.1, -0.05) is 56.0 Å². The summed E-state index contributed by atoms with van der Waals surface area (Å²) in [5.74, 6) is -0.385. The van der Waals surface area contributed by atoms with Gasteiger partial charge in [0.1, 0.15) is 17.6 Å². The molecule has 1 saturated carbocycles. The number of hydrogen-bond donors (Lipinski definition) is 1. The molecule has 0 radical (unpaired) electrons. The van der Waals surface area contributed by atoms with Gasteiger partial charge in [0.05, 0.1) is 13.5 Å². The maximum absolute atomic E-state index is 14.4. The molecule has 0 saturated heterocycles. The van der Waals surface area contributed by atoms with Gasteiger partial charge in [0.2, 0.25) is 11.8 Å². The van der Waals surface area contributed by atoms with Crippen molar-refractivity contribution in [3.05, 3.63) is 64.4 Å². The number of halogens is 2. The zero-order valence-corrected chi connectivity index (χ0v) is 20.0. The second-order valence-electron chi connectivity index (χ2n) is 8.52. The first kappa shape index (κ1) is 25.0. The molecule has 0 bridgehead atoms. The SMILES string of the molecule is CC[C@H](C(=O)NC1CCCCC1)N(Cc1cccc(OC)c1)C(=O)Cc1c(F)cccc1Cl. The number of carbonyl (C=O) groups excluding carboxylic acids is 2. The Morgan fingerprint density at radius 3 is 2.58 bits per heavy atom. The van der Waals surface area contributed by atoms with Crippen LogP contribution in [0.3, 0.4) is 0 Å². The van der Waals surface area contributed by atoms with Crippen molar-refractivity contribution in [3.8, 4) is 5.75 Å². The van der Waals surface area contributed by atoms with Crippen LogP contribution in [0.5, 0.6) is 5.75 Å². The van der Waals surface area contributed by atoms with Gasteiger partial charge in [-0.3, -0.25) is 9.59 Å². The van der Waals surface area contributed by atoms with Crippen LogP contribution in [0, 0.1) is 5.82 Å². The number of carbonyl (C=O) groups is 2. The fourth-order valence-corrected chi connectivity index (χ4v) is 4.62. The van der Waals surface area contributed by atoms with Gasteiger partial charge in [-0.25, -0.2) is 4.39 Å². The van der Waals surface area contributed by atoms with Crippen molar-refractivity contribution in [2.45, 2.75) is 70.5 Å². The molecule has 0 spiro atoms. The Balaban J connectivity index is 1.86. The lowest BCUT2D eigenvalue weighted by Crippen LogP contribution is -2.52. The normalized spacial score (nSPS) is 15.0. The third-order valence-corrected chi connectivity index (χ3v) is 6.57. The molecule has 0 heterocycles. The van der Waals surface area contributed by atoms with E-state index >= 15 is 0 Å². The van der Waals surface area contributed by atoms with E-state index in [-0.39, 0.29) is 41.4 Å². The first-order valence-electron chi connectivity index (χ1n) is 11.6. The summed E-state index contributed by atoms with van der Waals surface area (Å²) in [6.07, 6.45) is 5.52. The van der Waals surface area contributed by atoms with E-state index in [2.05, 4.69) is 5.32 Å². The van der Waals surface area contributed by atoms with Crippen LogP contribution >= 0.6 is 11.6 Å². The Hall–Kier alpha value is -2.60. The van der Waals surface area contributed by atoms with Crippen LogP contribution in [0.15, 0.2) is 42.5 Å². The van der Waals surface area contributed by atoms with Gasteiger partial charge < -0.3 is 15.0 Å². The van der Waals surface area contributed by atoms with E-state index in [0.29, 0.717) is 12.2 Å². The molecule has 3 rings (SSSR count). The summed E-state index contributed by atoms with van der Waals surface area (Å²) in [5, 5.41) is 3.34. The molecule has 2 amide bonds. The number of benzene rings is 2. The summed E-state index contributed by atoms with van der Waals surface area (Å²) < 4.78 is 19.7.